The van der Waals surface area contributed by atoms with Crippen molar-refractivity contribution < 1.29 is 23.6 Å². The predicted molar refractivity (Wildman–Crippen MR) is 111 cm³/mol. The molecule has 0 unspecified atom stereocenters. The zero-order chi connectivity index (χ0) is 21.8. The quantitative estimate of drug-likeness (QED) is 0.787. The van der Waals surface area contributed by atoms with Gasteiger partial charge < -0.3 is 24.3 Å². The van der Waals surface area contributed by atoms with E-state index in [1.165, 1.54) is 4.90 Å². The average molecular weight is 402 g/mol. The van der Waals surface area contributed by atoms with Crippen molar-refractivity contribution >= 4 is 24.6 Å². The van der Waals surface area contributed by atoms with Crippen LogP contribution in [0.15, 0.2) is 12.1 Å². The Hall–Kier alpha value is -2.06. The predicted octanol–water partition coefficient (Wildman–Crippen LogP) is 2.60. The molecule has 2 heterocycles. The van der Waals surface area contributed by atoms with Crippen LogP contribution in [-0.4, -0.2) is 47.9 Å². The summed E-state index contributed by atoms with van der Waals surface area (Å²) in [6.45, 7) is 14.2. The fourth-order valence-electron chi connectivity index (χ4n) is 3.35. The molecule has 2 amide bonds. The number of ether oxygens (including phenoxy) is 1. The topological polar surface area (TPSA) is 77.1 Å². The highest BCUT2D eigenvalue weighted by atomic mass is 16.7. The lowest BCUT2D eigenvalue weighted by Gasteiger charge is -2.32. The van der Waals surface area contributed by atoms with Crippen molar-refractivity contribution in [1.29, 1.82) is 0 Å². The van der Waals surface area contributed by atoms with Gasteiger partial charge in [0.15, 0.2) is 0 Å². The second kappa shape index (κ2) is 7.02. The molecule has 0 spiro atoms. The van der Waals surface area contributed by atoms with Gasteiger partial charge in [-0.3, -0.25) is 4.79 Å². The summed E-state index contributed by atoms with van der Waals surface area (Å²) in [5.74, 6) is -0.125. The Bertz CT molecular complexity index is 828. The van der Waals surface area contributed by atoms with E-state index in [1.807, 2.05) is 60.6 Å². The number of fused-ring (bicyclic) bond motifs is 1. The molecule has 0 saturated carbocycles. The van der Waals surface area contributed by atoms with E-state index in [2.05, 4.69) is 5.32 Å². The Balaban J connectivity index is 1.91. The van der Waals surface area contributed by atoms with E-state index in [9.17, 15) is 9.59 Å². The first-order valence-corrected chi connectivity index (χ1v) is 9.94. The van der Waals surface area contributed by atoms with Gasteiger partial charge in [0.2, 0.25) is 0 Å². The van der Waals surface area contributed by atoms with Crippen molar-refractivity contribution in [3.63, 3.8) is 0 Å². The second-order valence-electron chi connectivity index (χ2n) is 9.81. The molecule has 2 aliphatic heterocycles. The smallest absolute Gasteiger partial charge is 0.444 e. The van der Waals surface area contributed by atoms with Gasteiger partial charge in [-0.25, -0.2) is 4.79 Å². The molecule has 3 rings (SSSR count). The molecule has 0 aromatic heterocycles. The third-order valence-electron chi connectivity index (χ3n) is 5.67. The zero-order valence-corrected chi connectivity index (χ0v) is 18.6. The van der Waals surface area contributed by atoms with Gasteiger partial charge in [0, 0.05) is 25.7 Å². The van der Waals surface area contributed by atoms with Crippen LogP contribution in [0, 0.1) is 0 Å². The van der Waals surface area contributed by atoms with Crippen LogP contribution in [0.25, 0.3) is 0 Å². The number of amides is 2. The largest absolute Gasteiger partial charge is 0.494 e. The molecule has 158 valence electrons. The summed E-state index contributed by atoms with van der Waals surface area (Å²) in [5.41, 5.74) is 1.61. The summed E-state index contributed by atoms with van der Waals surface area (Å²) >= 11 is 0. The Labute approximate surface area is 173 Å². The lowest BCUT2D eigenvalue weighted by molar-refractivity contribution is 0.00578. The number of hydrogen-bond acceptors (Lipinski definition) is 5. The summed E-state index contributed by atoms with van der Waals surface area (Å²) in [4.78, 5) is 26.3. The number of carbonyl (C=O) groups excluding carboxylic acids is 2. The first kappa shape index (κ1) is 21.6. The van der Waals surface area contributed by atoms with Crippen molar-refractivity contribution in [2.75, 3.05) is 7.05 Å². The Kier molecular flexibility index (Phi) is 5.24. The number of carbonyl (C=O) groups is 2. The molecule has 8 heteroatoms. The third-order valence-corrected chi connectivity index (χ3v) is 5.67. The van der Waals surface area contributed by atoms with Gasteiger partial charge in [0.05, 0.1) is 11.2 Å². The molecule has 0 bridgehead atoms. The minimum Gasteiger partial charge on any atom is -0.444 e. The SMILES string of the molecule is CN(Cc1cc(B2OC(C)(C)C(C)(C)O2)cc2c1CNC2=O)C(=O)OC(C)(C)C. The number of hydrogen-bond donors (Lipinski definition) is 1. The maximum Gasteiger partial charge on any atom is 0.494 e. The third kappa shape index (κ3) is 4.28. The Morgan fingerprint density at radius 2 is 1.79 bits per heavy atom. The van der Waals surface area contributed by atoms with E-state index in [0.717, 1.165) is 16.6 Å². The normalized spacial score (nSPS) is 19.7. The van der Waals surface area contributed by atoms with E-state index in [4.69, 9.17) is 14.0 Å². The van der Waals surface area contributed by atoms with Crippen LogP contribution in [0.3, 0.4) is 0 Å². The van der Waals surface area contributed by atoms with Crippen molar-refractivity contribution in [2.24, 2.45) is 0 Å². The molecule has 1 N–H and O–H groups in total. The number of nitrogens with zero attached hydrogens (tertiary/aromatic N) is 1. The van der Waals surface area contributed by atoms with Crippen LogP contribution < -0.4 is 10.8 Å². The molecule has 1 fully saturated rings. The van der Waals surface area contributed by atoms with Gasteiger partial charge in [0.25, 0.3) is 5.91 Å². The maximum absolute atomic E-state index is 12.4. The number of rotatable bonds is 3. The van der Waals surface area contributed by atoms with E-state index < -0.39 is 30.0 Å². The summed E-state index contributed by atoms with van der Waals surface area (Å²) in [6.07, 6.45) is -0.412. The van der Waals surface area contributed by atoms with E-state index in [1.54, 1.807) is 7.05 Å². The number of nitrogens with one attached hydrogen (secondary N) is 1. The molecule has 29 heavy (non-hydrogen) atoms. The molecule has 7 nitrogen and oxygen atoms in total. The standard InChI is InChI=1S/C21H31BN2O5/c1-19(2,3)27-18(26)24(8)12-13-9-14(10-15-16(13)11-23-17(15)25)22-28-20(4,5)21(6,7)29-22/h9-10H,11-12H2,1-8H3,(H,23,25). The minimum absolute atomic E-state index is 0.125. The summed E-state index contributed by atoms with van der Waals surface area (Å²) in [7, 11) is 1.11. The van der Waals surface area contributed by atoms with Gasteiger partial charge in [-0.05, 0) is 71.1 Å². The van der Waals surface area contributed by atoms with Crippen LogP contribution in [0.1, 0.15) is 70.0 Å². The van der Waals surface area contributed by atoms with Crippen LogP contribution >= 0.6 is 0 Å². The molecule has 0 atom stereocenters. The van der Waals surface area contributed by atoms with Gasteiger partial charge in [-0.15, -0.1) is 0 Å². The summed E-state index contributed by atoms with van der Waals surface area (Å²) in [5, 5.41) is 2.86. The van der Waals surface area contributed by atoms with Gasteiger partial charge in [-0.1, -0.05) is 6.07 Å². The van der Waals surface area contributed by atoms with Gasteiger partial charge >= 0.3 is 13.2 Å². The van der Waals surface area contributed by atoms with E-state index >= 15 is 0 Å². The average Bonchev–Trinajstić information content (AvgIpc) is 3.03. The monoisotopic (exact) mass is 402 g/mol. The van der Waals surface area contributed by atoms with Crippen LogP contribution in [-0.2, 0) is 27.1 Å². The summed E-state index contributed by atoms with van der Waals surface area (Å²) in [6, 6.07) is 3.79. The van der Waals surface area contributed by atoms with Crippen LogP contribution in [0.2, 0.25) is 0 Å². The number of benzene rings is 1. The van der Waals surface area contributed by atoms with Crippen LogP contribution in [0.5, 0.6) is 0 Å². The fourth-order valence-corrected chi connectivity index (χ4v) is 3.35. The molecule has 0 aliphatic carbocycles. The molecule has 2 aliphatic rings. The molecule has 1 saturated heterocycles. The zero-order valence-electron chi connectivity index (χ0n) is 18.6. The Morgan fingerprint density at radius 3 is 2.34 bits per heavy atom. The molecule has 0 radical (unpaired) electrons. The van der Waals surface area contributed by atoms with Crippen molar-refractivity contribution in [1.82, 2.24) is 10.2 Å². The van der Waals surface area contributed by atoms with Gasteiger partial charge in [-0.2, -0.15) is 0 Å². The fraction of sp³-hybridized carbons (Fsp3) is 0.619. The highest BCUT2D eigenvalue weighted by Gasteiger charge is 2.52. The molecule has 1 aromatic carbocycles. The van der Waals surface area contributed by atoms with Gasteiger partial charge in [0.1, 0.15) is 5.60 Å². The van der Waals surface area contributed by atoms with E-state index in [-0.39, 0.29) is 5.91 Å². The first-order valence-electron chi connectivity index (χ1n) is 9.94. The van der Waals surface area contributed by atoms with E-state index in [0.29, 0.717) is 18.7 Å². The lowest BCUT2D eigenvalue weighted by atomic mass is 9.76. The van der Waals surface area contributed by atoms with Crippen molar-refractivity contribution in [3.8, 4) is 0 Å². The second-order valence-corrected chi connectivity index (χ2v) is 9.81. The first-order chi connectivity index (χ1) is 13.2. The highest BCUT2D eigenvalue weighted by molar-refractivity contribution is 6.62. The van der Waals surface area contributed by atoms with Crippen molar-refractivity contribution in [2.45, 2.75) is 78.4 Å². The highest BCUT2D eigenvalue weighted by Crippen LogP contribution is 2.37. The Morgan fingerprint density at radius 1 is 1.21 bits per heavy atom. The maximum atomic E-state index is 12.4. The molecule has 1 aromatic rings. The summed E-state index contributed by atoms with van der Waals surface area (Å²) < 4.78 is 17.8. The molecular weight excluding hydrogens is 371 g/mol. The molecular formula is C21H31BN2O5. The van der Waals surface area contributed by atoms with Crippen molar-refractivity contribution in [3.05, 3.63) is 28.8 Å². The lowest BCUT2D eigenvalue weighted by Crippen LogP contribution is -2.41. The van der Waals surface area contributed by atoms with Crippen LogP contribution in [0.4, 0.5) is 4.79 Å². The minimum atomic E-state index is -0.579.